The Morgan fingerprint density at radius 3 is 2.52 bits per heavy atom. The van der Waals surface area contributed by atoms with E-state index < -0.39 is 15.9 Å². The third-order valence-electron chi connectivity index (χ3n) is 5.14. The quantitative estimate of drug-likeness (QED) is 0.743. The lowest BCUT2D eigenvalue weighted by Gasteiger charge is -2.32. The number of sulfonamides is 1. The molecule has 156 valence electrons. The Morgan fingerprint density at radius 2 is 1.86 bits per heavy atom. The maximum Gasteiger partial charge on any atom is 0.224 e. The van der Waals surface area contributed by atoms with Crippen LogP contribution in [-0.4, -0.2) is 31.7 Å². The van der Waals surface area contributed by atoms with Crippen molar-refractivity contribution in [1.82, 2.24) is 9.62 Å². The van der Waals surface area contributed by atoms with Gasteiger partial charge in [-0.05, 0) is 55.2 Å². The normalized spacial score (nSPS) is 18.9. The van der Waals surface area contributed by atoms with E-state index in [1.54, 1.807) is 36.4 Å². The van der Waals surface area contributed by atoms with Gasteiger partial charge in [0.15, 0.2) is 0 Å². The molecule has 0 saturated carbocycles. The molecular formula is C21H24ClFN2O3S. The van der Waals surface area contributed by atoms with Gasteiger partial charge >= 0.3 is 0 Å². The van der Waals surface area contributed by atoms with E-state index >= 15 is 0 Å². The van der Waals surface area contributed by atoms with Crippen molar-refractivity contribution in [3.8, 4) is 0 Å². The fourth-order valence-electron chi connectivity index (χ4n) is 3.46. The van der Waals surface area contributed by atoms with Gasteiger partial charge in [-0.15, -0.1) is 0 Å². The van der Waals surface area contributed by atoms with Gasteiger partial charge in [-0.3, -0.25) is 4.79 Å². The van der Waals surface area contributed by atoms with Crippen LogP contribution in [0.5, 0.6) is 0 Å². The lowest BCUT2D eigenvalue weighted by molar-refractivity contribution is -0.126. The predicted octanol–water partition coefficient (Wildman–Crippen LogP) is 3.90. The molecule has 1 N–H and O–H groups in total. The molecule has 2 aromatic carbocycles. The van der Waals surface area contributed by atoms with E-state index in [0.717, 1.165) is 5.56 Å². The number of carbonyl (C=O) groups excluding carboxylic acids is 1. The van der Waals surface area contributed by atoms with Crippen molar-refractivity contribution in [3.05, 3.63) is 70.5 Å². The Hall–Kier alpha value is -1.96. The summed E-state index contributed by atoms with van der Waals surface area (Å²) in [4.78, 5) is 12.7. The van der Waals surface area contributed by atoms with E-state index in [4.69, 9.17) is 11.6 Å². The predicted molar refractivity (Wildman–Crippen MR) is 111 cm³/mol. The van der Waals surface area contributed by atoms with Crippen LogP contribution in [0, 0.1) is 11.7 Å². The standard InChI is InChI=1S/C21H24ClFN2O3S/c1-15(17-6-10-20(23)11-7-17)24-21(26)18-3-2-12-25(13-18)29(27,28)14-16-4-8-19(22)9-5-16/h4-11,15,18H,2-3,12-14H2,1H3,(H,24,26)/t15-,18+/m0/s1. The zero-order chi connectivity index (χ0) is 21.0. The summed E-state index contributed by atoms with van der Waals surface area (Å²) in [6, 6.07) is 12.4. The Bertz CT molecular complexity index is 949. The molecule has 3 rings (SSSR count). The van der Waals surface area contributed by atoms with Crippen LogP contribution in [0.4, 0.5) is 4.39 Å². The van der Waals surface area contributed by atoms with Gasteiger partial charge in [0, 0.05) is 18.1 Å². The largest absolute Gasteiger partial charge is 0.349 e. The van der Waals surface area contributed by atoms with Crippen LogP contribution in [0.25, 0.3) is 0 Å². The van der Waals surface area contributed by atoms with Crippen molar-refractivity contribution in [2.24, 2.45) is 5.92 Å². The fourth-order valence-corrected chi connectivity index (χ4v) is 5.19. The van der Waals surface area contributed by atoms with Crippen molar-refractivity contribution in [2.75, 3.05) is 13.1 Å². The third-order valence-corrected chi connectivity index (χ3v) is 7.21. The lowest BCUT2D eigenvalue weighted by atomic mass is 9.98. The summed E-state index contributed by atoms with van der Waals surface area (Å²) >= 11 is 5.86. The van der Waals surface area contributed by atoms with E-state index in [1.807, 2.05) is 6.92 Å². The molecule has 2 aromatic rings. The van der Waals surface area contributed by atoms with Crippen molar-refractivity contribution >= 4 is 27.5 Å². The average Bonchev–Trinajstić information content (AvgIpc) is 2.70. The number of hydrogen-bond acceptors (Lipinski definition) is 3. The van der Waals surface area contributed by atoms with Crippen molar-refractivity contribution in [2.45, 2.75) is 31.6 Å². The van der Waals surface area contributed by atoms with Crippen LogP contribution in [0.15, 0.2) is 48.5 Å². The molecule has 1 fully saturated rings. The van der Waals surface area contributed by atoms with Gasteiger partial charge in [-0.1, -0.05) is 35.9 Å². The van der Waals surface area contributed by atoms with E-state index in [0.29, 0.717) is 30.0 Å². The first-order valence-electron chi connectivity index (χ1n) is 9.53. The summed E-state index contributed by atoms with van der Waals surface area (Å²) in [5, 5.41) is 3.47. The molecular weight excluding hydrogens is 415 g/mol. The molecule has 29 heavy (non-hydrogen) atoms. The summed E-state index contributed by atoms with van der Waals surface area (Å²) in [6.07, 6.45) is 1.26. The maximum atomic E-state index is 13.1. The second-order valence-corrected chi connectivity index (χ2v) is 9.77. The smallest absolute Gasteiger partial charge is 0.224 e. The Morgan fingerprint density at radius 1 is 1.21 bits per heavy atom. The summed E-state index contributed by atoms with van der Waals surface area (Å²) < 4.78 is 40.1. The third kappa shape index (κ3) is 5.78. The highest BCUT2D eigenvalue weighted by atomic mass is 35.5. The number of nitrogens with zero attached hydrogens (tertiary/aromatic N) is 1. The van der Waals surface area contributed by atoms with Gasteiger partial charge < -0.3 is 5.32 Å². The highest BCUT2D eigenvalue weighted by Gasteiger charge is 2.32. The second-order valence-electron chi connectivity index (χ2n) is 7.36. The minimum Gasteiger partial charge on any atom is -0.349 e. The molecule has 0 radical (unpaired) electrons. The minimum absolute atomic E-state index is 0.121. The number of nitrogens with one attached hydrogen (secondary N) is 1. The number of hydrogen-bond donors (Lipinski definition) is 1. The number of rotatable bonds is 6. The zero-order valence-electron chi connectivity index (χ0n) is 16.1. The summed E-state index contributed by atoms with van der Waals surface area (Å²) in [7, 11) is -3.53. The van der Waals surface area contributed by atoms with E-state index in [1.165, 1.54) is 16.4 Å². The van der Waals surface area contributed by atoms with Crippen molar-refractivity contribution < 1.29 is 17.6 Å². The minimum atomic E-state index is -3.53. The molecule has 1 heterocycles. The molecule has 1 saturated heterocycles. The molecule has 1 aliphatic rings. The van der Waals surface area contributed by atoms with Gasteiger partial charge in [0.25, 0.3) is 0 Å². The lowest BCUT2D eigenvalue weighted by Crippen LogP contribution is -2.46. The molecule has 0 spiro atoms. The highest BCUT2D eigenvalue weighted by molar-refractivity contribution is 7.88. The molecule has 0 bridgehead atoms. The van der Waals surface area contributed by atoms with Crippen LogP contribution in [0.1, 0.15) is 36.9 Å². The zero-order valence-corrected chi connectivity index (χ0v) is 17.7. The van der Waals surface area contributed by atoms with Gasteiger partial charge in [-0.25, -0.2) is 17.1 Å². The van der Waals surface area contributed by atoms with Crippen LogP contribution in [0.3, 0.4) is 0 Å². The second kappa shape index (κ2) is 9.24. The molecule has 0 aliphatic carbocycles. The van der Waals surface area contributed by atoms with Crippen LogP contribution < -0.4 is 5.32 Å². The number of amides is 1. The van der Waals surface area contributed by atoms with Crippen LogP contribution in [0.2, 0.25) is 5.02 Å². The van der Waals surface area contributed by atoms with E-state index in [2.05, 4.69) is 5.32 Å². The highest BCUT2D eigenvalue weighted by Crippen LogP contribution is 2.23. The molecule has 2 atom stereocenters. The van der Waals surface area contributed by atoms with Crippen molar-refractivity contribution in [3.63, 3.8) is 0 Å². The van der Waals surface area contributed by atoms with Gasteiger partial charge in [-0.2, -0.15) is 0 Å². The van der Waals surface area contributed by atoms with Gasteiger partial charge in [0.2, 0.25) is 15.9 Å². The first kappa shape index (κ1) is 21.7. The first-order chi connectivity index (χ1) is 13.7. The Kier molecular flexibility index (Phi) is 6.93. The molecule has 0 unspecified atom stereocenters. The topological polar surface area (TPSA) is 66.5 Å². The number of piperidine rings is 1. The summed E-state index contributed by atoms with van der Waals surface area (Å²) in [6.45, 7) is 2.40. The molecule has 5 nitrogen and oxygen atoms in total. The number of halogens is 2. The number of benzene rings is 2. The Labute approximate surface area is 175 Å². The summed E-state index contributed by atoms with van der Waals surface area (Å²) in [5.41, 5.74) is 1.45. The van der Waals surface area contributed by atoms with Crippen LogP contribution in [-0.2, 0) is 20.6 Å². The molecule has 8 heteroatoms. The van der Waals surface area contributed by atoms with Gasteiger partial charge in [0.1, 0.15) is 5.82 Å². The average molecular weight is 439 g/mol. The summed E-state index contributed by atoms with van der Waals surface area (Å²) in [5.74, 6) is -1.05. The van der Waals surface area contributed by atoms with Crippen LogP contribution >= 0.6 is 11.6 Å². The van der Waals surface area contributed by atoms with Gasteiger partial charge in [0.05, 0.1) is 17.7 Å². The Balaban J connectivity index is 1.62. The molecule has 0 aromatic heterocycles. The first-order valence-corrected chi connectivity index (χ1v) is 11.5. The van der Waals surface area contributed by atoms with E-state index in [9.17, 15) is 17.6 Å². The molecule has 1 aliphatic heterocycles. The maximum absolute atomic E-state index is 13.1. The van der Waals surface area contributed by atoms with Crippen molar-refractivity contribution in [1.29, 1.82) is 0 Å². The monoisotopic (exact) mass is 438 g/mol. The SMILES string of the molecule is C[C@H](NC(=O)[C@@H]1CCCN(S(=O)(=O)Cc2ccc(Cl)cc2)C1)c1ccc(F)cc1. The van der Waals surface area contributed by atoms with E-state index in [-0.39, 0.29) is 30.1 Å². The number of carbonyl (C=O) groups is 1. The fraction of sp³-hybridized carbons (Fsp3) is 0.381. The molecule has 1 amide bonds.